The van der Waals surface area contributed by atoms with Gasteiger partial charge in [-0.25, -0.2) is 4.98 Å². The van der Waals surface area contributed by atoms with Crippen molar-refractivity contribution in [3.8, 4) is 22.8 Å². The summed E-state index contributed by atoms with van der Waals surface area (Å²) < 4.78 is 10.6. The van der Waals surface area contributed by atoms with Gasteiger partial charge >= 0.3 is 0 Å². The molecule has 0 spiro atoms. The molecule has 0 aliphatic heterocycles. The monoisotopic (exact) mass is 355 g/mol. The number of carbonyl (C=O) groups excluding carboxylic acids is 1. The van der Waals surface area contributed by atoms with Gasteiger partial charge in [-0.2, -0.15) is 0 Å². The molecule has 0 saturated carbocycles. The summed E-state index contributed by atoms with van der Waals surface area (Å²) in [7, 11) is 1.59. The Morgan fingerprint density at radius 2 is 2.00 bits per heavy atom. The highest BCUT2D eigenvalue weighted by molar-refractivity contribution is 7.13. The highest BCUT2D eigenvalue weighted by atomic mass is 32.1. The molecule has 0 radical (unpaired) electrons. The summed E-state index contributed by atoms with van der Waals surface area (Å²) in [5.74, 6) is 1.08. The van der Waals surface area contributed by atoms with Crippen LogP contribution in [-0.2, 0) is 4.79 Å². The van der Waals surface area contributed by atoms with Gasteiger partial charge in [0, 0.05) is 16.6 Å². The Hall–Kier alpha value is -3.06. The highest BCUT2D eigenvalue weighted by Gasteiger charge is 2.07. The van der Waals surface area contributed by atoms with E-state index >= 15 is 0 Å². The van der Waals surface area contributed by atoms with E-state index in [1.54, 1.807) is 37.4 Å². The minimum atomic E-state index is -0.242. The van der Waals surface area contributed by atoms with Crippen LogP contribution in [0.2, 0.25) is 0 Å². The number of rotatable bonds is 6. The molecule has 1 heterocycles. The quantitative estimate of drug-likeness (QED) is 0.707. The Bertz CT molecular complexity index is 862. The fourth-order valence-corrected chi connectivity index (χ4v) is 2.76. The van der Waals surface area contributed by atoms with E-state index in [0.717, 1.165) is 17.0 Å². The molecule has 7 heteroatoms. The summed E-state index contributed by atoms with van der Waals surface area (Å²) in [6, 6.07) is 14.5. The molecule has 3 rings (SSSR count). The molecule has 0 aliphatic rings. The number of nitrogens with zero attached hydrogens (tertiary/aromatic N) is 1. The summed E-state index contributed by atoms with van der Waals surface area (Å²) in [5, 5.41) is 5.16. The molecule has 0 saturated heterocycles. The number of carbonyl (C=O) groups is 1. The smallest absolute Gasteiger partial charge is 0.262 e. The van der Waals surface area contributed by atoms with Gasteiger partial charge in [0.1, 0.15) is 11.5 Å². The standard InChI is InChI=1S/C18H17N3O3S/c1-23-14-7-5-13(6-8-14)20-17(22)10-24-15-4-2-3-12(9-15)16-11-25-18(19)21-16/h2-9,11H,10H2,1H3,(H2,19,21)(H,20,22). The van der Waals surface area contributed by atoms with Crippen LogP contribution in [0.4, 0.5) is 10.8 Å². The molecule has 0 atom stereocenters. The molecule has 6 nitrogen and oxygen atoms in total. The molecule has 0 unspecified atom stereocenters. The number of ether oxygens (including phenoxy) is 2. The molecule has 1 amide bonds. The lowest BCUT2D eigenvalue weighted by molar-refractivity contribution is -0.118. The van der Waals surface area contributed by atoms with Crippen LogP contribution in [0, 0.1) is 0 Å². The molecule has 0 bridgehead atoms. The summed E-state index contributed by atoms with van der Waals surface area (Å²) >= 11 is 1.38. The van der Waals surface area contributed by atoms with Crippen LogP contribution in [0.1, 0.15) is 0 Å². The van der Waals surface area contributed by atoms with E-state index in [0.29, 0.717) is 16.6 Å². The Balaban J connectivity index is 1.58. The van der Waals surface area contributed by atoms with Gasteiger partial charge in [0.25, 0.3) is 5.91 Å². The van der Waals surface area contributed by atoms with Gasteiger partial charge < -0.3 is 20.5 Å². The van der Waals surface area contributed by atoms with Gasteiger partial charge in [-0.3, -0.25) is 4.79 Å². The Morgan fingerprint density at radius 3 is 2.68 bits per heavy atom. The van der Waals surface area contributed by atoms with Gasteiger partial charge in [0.2, 0.25) is 0 Å². The Kier molecular flexibility index (Phi) is 5.15. The van der Waals surface area contributed by atoms with Gasteiger partial charge in [-0.15, -0.1) is 11.3 Å². The normalized spacial score (nSPS) is 10.3. The number of aromatic nitrogens is 1. The van der Waals surface area contributed by atoms with Crippen molar-refractivity contribution < 1.29 is 14.3 Å². The molecule has 2 aromatic carbocycles. The highest BCUT2D eigenvalue weighted by Crippen LogP contribution is 2.26. The zero-order valence-corrected chi connectivity index (χ0v) is 14.4. The number of thiazole rings is 1. The second-order valence-corrected chi connectivity index (χ2v) is 6.05. The first kappa shape index (κ1) is 16.8. The van der Waals surface area contributed by atoms with Crippen LogP contribution in [0.25, 0.3) is 11.3 Å². The van der Waals surface area contributed by atoms with E-state index in [1.807, 2.05) is 23.6 Å². The molecule has 3 N–H and O–H groups in total. The first-order valence-electron chi connectivity index (χ1n) is 7.52. The number of nitrogens with two attached hydrogens (primary N) is 1. The first-order valence-corrected chi connectivity index (χ1v) is 8.40. The van der Waals surface area contributed by atoms with Crippen molar-refractivity contribution in [2.45, 2.75) is 0 Å². The number of methoxy groups -OCH3 is 1. The van der Waals surface area contributed by atoms with Gasteiger partial charge in [0.05, 0.1) is 12.8 Å². The number of hydrogen-bond acceptors (Lipinski definition) is 6. The van der Waals surface area contributed by atoms with E-state index < -0.39 is 0 Å². The first-order chi connectivity index (χ1) is 12.1. The molecule has 128 valence electrons. The average Bonchev–Trinajstić information content (AvgIpc) is 3.07. The summed E-state index contributed by atoms with van der Waals surface area (Å²) in [5.41, 5.74) is 8.02. The Morgan fingerprint density at radius 1 is 1.20 bits per heavy atom. The van der Waals surface area contributed by atoms with Crippen LogP contribution >= 0.6 is 11.3 Å². The molecule has 1 aromatic heterocycles. The number of nitrogen functional groups attached to an aromatic ring is 1. The summed E-state index contributed by atoms with van der Waals surface area (Å²) in [6.07, 6.45) is 0. The van der Waals surface area contributed by atoms with Crippen LogP contribution in [0.5, 0.6) is 11.5 Å². The maximum Gasteiger partial charge on any atom is 0.262 e. The maximum absolute atomic E-state index is 12.0. The average molecular weight is 355 g/mol. The van der Waals surface area contributed by atoms with Gasteiger partial charge in [-0.05, 0) is 36.4 Å². The van der Waals surface area contributed by atoms with E-state index in [2.05, 4.69) is 10.3 Å². The van der Waals surface area contributed by atoms with Crippen molar-refractivity contribution in [1.29, 1.82) is 0 Å². The molecule has 0 aliphatic carbocycles. The predicted octanol–water partition coefficient (Wildman–Crippen LogP) is 3.42. The zero-order chi connectivity index (χ0) is 17.6. The number of hydrogen-bond donors (Lipinski definition) is 2. The van der Waals surface area contributed by atoms with Crippen LogP contribution in [-0.4, -0.2) is 24.6 Å². The van der Waals surface area contributed by atoms with Crippen molar-refractivity contribution in [2.24, 2.45) is 0 Å². The second-order valence-electron chi connectivity index (χ2n) is 5.16. The maximum atomic E-state index is 12.0. The lowest BCUT2D eigenvalue weighted by Gasteiger charge is -2.09. The molecular formula is C18H17N3O3S. The minimum Gasteiger partial charge on any atom is -0.497 e. The summed E-state index contributed by atoms with van der Waals surface area (Å²) in [6.45, 7) is -0.0886. The third-order valence-electron chi connectivity index (χ3n) is 3.40. The lowest BCUT2D eigenvalue weighted by atomic mass is 10.2. The predicted molar refractivity (Wildman–Crippen MR) is 99.1 cm³/mol. The number of anilines is 2. The van der Waals surface area contributed by atoms with Crippen molar-refractivity contribution in [3.63, 3.8) is 0 Å². The number of benzene rings is 2. The molecule has 3 aromatic rings. The third kappa shape index (κ3) is 4.48. The third-order valence-corrected chi connectivity index (χ3v) is 4.07. The van der Waals surface area contributed by atoms with E-state index in [-0.39, 0.29) is 12.5 Å². The Labute approximate surface area is 149 Å². The van der Waals surface area contributed by atoms with E-state index in [1.165, 1.54) is 11.3 Å². The van der Waals surface area contributed by atoms with E-state index in [4.69, 9.17) is 15.2 Å². The minimum absolute atomic E-state index is 0.0886. The molecule has 0 fully saturated rings. The lowest BCUT2D eigenvalue weighted by Crippen LogP contribution is -2.20. The fraction of sp³-hybridized carbons (Fsp3) is 0.111. The van der Waals surface area contributed by atoms with Crippen LogP contribution in [0.3, 0.4) is 0 Å². The summed E-state index contributed by atoms with van der Waals surface area (Å²) in [4.78, 5) is 16.2. The van der Waals surface area contributed by atoms with Crippen molar-refractivity contribution in [2.75, 3.05) is 24.8 Å². The van der Waals surface area contributed by atoms with Crippen LogP contribution in [0.15, 0.2) is 53.9 Å². The molecule has 25 heavy (non-hydrogen) atoms. The SMILES string of the molecule is COc1ccc(NC(=O)COc2cccc(-c3csc(N)n3)c2)cc1. The van der Waals surface area contributed by atoms with Crippen molar-refractivity contribution in [1.82, 2.24) is 4.98 Å². The van der Waals surface area contributed by atoms with Crippen molar-refractivity contribution >= 4 is 28.1 Å². The van der Waals surface area contributed by atoms with Gasteiger partial charge in [-0.1, -0.05) is 12.1 Å². The number of amides is 1. The molecular weight excluding hydrogens is 338 g/mol. The zero-order valence-electron chi connectivity index (χ0n) is 13.6. The van der Waals surface area contributed by atoms with Gasteiger partial charge in [0.15, 0.2) is 11.7 Å². The van der Waals surface area contributed by atoms with E-state index in [9.17, 15) is 4.79 Å². The topological polar surface area (TPSA) is 86.5 Å². The van der Waals surface area contributed by atoms with Crippen LogP contribution < -0.4 is 20.5 Å². The largest absolute Gasteiger partial charge is 0.497 e. The fourth-order valence-electron chi connectivity index (χ4n) is 2.19. The second kappa shape index (κ2) is 7.67. The number of nitrogens with one attached hydrogen (secondary N) is 1. The van der Waals surface area contributed by atoms with Crippen molar-refractivity contribution in [3.05, 3.63) is 53.9 Å².